The van der Waals surface area contributed by atoms with Gasteiger partial charge in [-0.25, -0.2) is 0 Å². The number of nitrogens with zero attached hydrogens (tertiary/aromatic N) is 1. The normalized spacial score (nSPS) is 20.6. The maximum Gasteiger partial charge on any atom is 0.0708 e. The molecule has 0 aliphatic carbocycles. The van der Waals surface area contributed by atoms with Crippen LogP contribution in [0.25, 0.3) is 10.9 Å². The van der Waals surface area contributed by atoms with Crippen molar-refractivity contribution in [3.63, 3.8) is 0 Å². The van der Waals surface area contributed by atoms with Gasteiger partial charge >= 0.3 is 0 Å². The summed E-state index contributed by atoms with van der Waals surface area (Å²) >= 11 is 0. The molecule has 2 nitrogen and oxygen atoms in total. The molecular weight excluding hydrogens is 210 g/mol. The molecular formula is C15H17NO. The molecule has 1 unspecified atom stereocenters. The number of fused-ring (bicyclic) bond motifs is 1. The van der Waals surface area contributed by atoms with Crippen molar-refractivity contribution in [2.24, 2.45) is 0 Å². The monoisotopic (exact) mass is 227 g/mol. The highest BCUT2D eigenvalue weighted by molar-refractivity contribution is 5.82. The summed E-state index contributed by atoms with van der Waals surface area (Å²) in [7, 11) is 0. The molecule has 2 heteroatoms. The lowest BCUT2D eigenvalue weighted by Gasteiger charge is -2.22. The first kappa shape index (κ1) is 10.7. The fourth-order valence-electron chi connectivity index (χ4n) is 2.56. The molecule has 0 bridgehead atoms. The van der Waals surface area contributed by atoms with Crippen LogP contribution in [0.2, 0.25) is 0 Å². The Balaban J connectivity index is 2.05. The Morgan fingerprint density at radius 3 is 3.00 bits per heavy atom. The fraction of sp³-hybridized carbons (Fsp3) is 0.400. The van der Waals surface area contributed by atoms with Gasteiger partial charge in [0.2, 0.25) is 0 Å². The van der Waals surface area contributed by atoms with Gasteiger partial charge in [0.05, 0.1) is 12.1 Å². The first-order valence-corrected chi connectivity index (χ1v) is 6.28. The van der Waals surface area contributed by atoms with Crippen LogP contribution in [-0.2, 0) is 4.74 Å². The molecule has 1 fully saturated rings. The minimum atomic E-state index is 0.479. The lowest BCUT2D eigenvalue weighted by Crippen LogP contribution is -2.16. The molecule has 17 heavy (non-hydrogen) atoms. The van der Waals surface area contributed by atoms with Gasteiger partial charge in [-0.05, 0) is 37.5 Å². The molecule has 3 rings (SSSR count). The Labute approximate surface area is 102 Å². The minimum absolute atomic E-state index is 0.479. The molecule has 0 saturated carbocycles. The predicted octanol–water partition coefficient (Wildman–Crippen LogP) is 3.44. The van der Waals surface area contributed by atoms with E-state index in [1.807, 2.05) is 0 Å². The van der Waals surface area contributed by atoms with Gasteiger partial charge < -0.3 is 4.74 Å². The molecule has 1 atom stereocenters. The third-order valence-corrected chi connectivity index (χ3v) is 3.52. The Bertz CT molecular complexity index is 529. The Morgan fingerprint density at radius 2 is 2.18 bits per heavy atom. The van der Waals surface area contributed by atoms with E-state index < -0.39 is 0 Å². The van der Waals surface area contributed by atoms with Gasteiger partial charge in [0.25, 0.3) is 0 Å². The molecule has 0 spiro atoms. The first-order valence-electron chi connectivity index (χ1n) is 6.28. The van der Waals surface area contributed by atoms with Crippen LogP contribution >= 0.6 is 0 Å². The number of pyridine rings is 1. The molecule has 0 radical (unpaired) electrons. The van der Waals surface area contributed by atoms with Crippen LogP contribution in [0.15, 0.2) is 30.3 Å². The van der Waals surface area contributed by atoms with Crippen LogP contribution in [-0.4, -0.2) is 18.2 Å². The summed E-state index contributed by atoms with van der Waals surface area (Å²) in [4.78, 5) is 4.78. The second-order valence-corrected chi connectivity index (χ2v) is 4.80. The van der Waals surface area contributed by atoms with Crippen molar-refractivity contribution in [1.29, 1.82) is 0 Å². The summed E-state index contributed by atoms with van der Waals surface area (Å²) in [6.07, 6.45) is 2.35. The number of hydrogen-bond acceptors (Lipinski definition) is 2. The summed E-state index contributed by atoms with van der Waals surface area (Å²) in [5, 5.41) is 1.26. The number of aryl methyl sites for hydroxylation is 1. The van der Waals surface area contributed by atoms with E-state index in [1.165, 1.54) is 23.1 Å². The average molecular weight is 227 g/mol. The van der Waals surface area contributed by atoms with Crippen LogP contribution in [0.3, 0.4) is 0 Å². The van der Waals surface area contributed by atoms with Gasteiger partial charge in [-0.15, -0.1) is 0 Å². The summed E-state index contributed by atoms with van der Waals surface area (Å²) in [5.74, 6) is 0.479. The molecule has 1 aromatic carbocycles. The largest absolute Gasteiger partial charge is 0.381 e. The number of ether oxygens (including phenoxy) is 1. The molecule has 2 heterocycles. The highest BCUT2D eigenvalue weighted by Gasteiger charge is 2.18. The molecule has 1 aliphatic rings. The zero-order valence-corrected chi connectivity index (χ0v) is 10.1. The van der Waals surface area contributed by atoms with Gasteiger partial charge in [0.1, 0.15) is 0 Å². The van der Waals surface area contributed by atoms with Gasteiger partial charge in [-0.1, -0.05) is 18.2 Å². The van der Waals surface area contributed by atoms with Crippen molar-refractivity contribution < 1.29 is 4.74 Å². The lowest BCUT2D eigenvalue weighted by atomic mass is 9.96. The van der Waals surface area contributed by atoms with Crippen molar-refractivity contribution >= 4 is 10.9 Å². The summed E-state index contributed by atoms with van der Waals surface area (Å²) in [6.45, 7) is 3.89. The van der Waals surface area contributed by atoms with E-state index in [0.29, 0.717) is 5.92 Å². The summed E-state index contributed by atoms with van der Waals surface area (Å²) < 4.78 is 5.55. The van der Waals surface area contributed by atoms with Crippen molar-refractivity contribution in [2.75, 3.05) is 13.2 Å². The number of para-hydroxylation sites is 1. The minimum Gasteiger partial charge on any atom is -0.381 e. The highest BCUT2D eigenvalue weighted by Crippen LogP contribution is 2.27. The Hall–Kier alpha value is -1.41. The Morgan fingerprint density at radius 1 is 1.29 bits per heavy atom. The second-order valence-electron chi connectivity index (χ2n) is 4.80. The molecule has 2 aromatic rings. The number of rotatable bonds is 1. The van der Waals surface area contributed by atoms with Crippen LogP contribution in [0.4, 0.5) is 0 Å². The van der Waals surface area contributed by atoms with E-state index in [4.69, 9.17) is 9.72 Å². The first-order chi connectivity index (χ1) is 8.34. The molecule has 1 aliphatic heterocycles. The lowest BCUT2D eigenvalue weighted by molar-refractivity contribution is 0.0794. The molecule has 0 amide bonds. The van der Waals surface area contributed by atoms with Crippen molar-refractivity contribution in [3.05, 3.63) is 41.6 Å². The van der Waals surface area contributed by atoms with Gasteiger partial charge in [-0.3, -0.25) is 4.98 Å². The zero-order chi connectivity index (χ0) is 11.7. The van der Waals surface area contributed by atoms with Crippen LogP contribution in [0, 0.1) is 6.92 Å². The van der Waals surface area contributed by atoms with Gasteiger partial charge in [0, 0.05) is 23.6 Å². The van der Waals surface area contributed by atoms with Crippen LogP contribution < -0.4 is 0 Å². The van der Waals surface area contributed by atoms with E-state index >= 15 is 0 Å². The van der Waals surface area contributed by atoms with Crippen molar-refractivity contribution in [2.45, 2.75) is 25.7 Å². The van der Waals surface area contributed by atoms with E-state index in [1.54, 1.807) is 0 Å². The SMILES string of the molecule is Cc1cc(C2CCCOC2)nc2ccccc12. The maximum atomic E-state index is 5.55. The maximum absolute atomic E-state index is 5.55. The van der Waals surface area contributed by atoms with Gasteiger partial charge in [0.15, 0.2) is 0 Å². The molecule has 88 valence electrons. The molecule has 1 saturated heterocycles. The molecule has 0 N–H and O–H groups in total. The fourth-order valence-corrected chi connectivity index (χ4v) is 2.56. The zero-order valence-electron chi connectivity index (χ0n) is 10.1. The van der Waals surface area contributed by atoms with Crippen LogP contribution in [0.1, 0.15) is 30.0 Å². The third-order valence-electron chi connectivity index (χ3n) is 3.52. The average Bonchev–Trinajstić information content (AvgIpc) is 2.40. The summed E-state index contributed by atoms with van der Waals surface area (Å²) in [6, 6.07) is 10.6. The van der Waals surface area contributed by atoms with Gasteiger partial charge in [-0.2, -0.15) is 0 Å². The van der Waals surface area contributed by atoms with Crippen molar-refractivity contribution in [3.8, 4) is 0 Å². The third kappa shape index (κ3) is 2.05. The number of benzene rings is 1. The quantitative estimate of drug-likeness (QED) is 0.744. The second kappa shape index (κ2) is 4.46. The Kier molecular flexibility index (Phi) is 2.81. The van der Waals surface area contributed by atoms with E-state index in [0.717, 1.165) is 25.2 Å². The smallest absolute Gasteiger partial charge is 0.0708 e. The highest BCUT2D eigenvalue weighted by atomic mass is 16.5. The molecule has 1 aromatic heterocycles. The van der Waals surface area contributed by atoms with Crippen molar-refractivity contribution in [1.82, 2.24) is 4.98 Å². The number of aromatic nitrogens is 1. The van der Waals surface area contributed by atoms with Crippen LogP contribution in [0.5, 0.6) is 0 Å². The number of hydrogen-bond donors (Lipinski definition) is 0. The predicted molar refractivity (Wildman–Crippen MR) is 69.3 cm³/mol. The summed E-state index contributed by atoms with van der Waals surface area (Å²) in [5.41, 5.74) is 3.62. The van der Waals surface area contributed by atoms with E-state index in [2.05, 4.69) is 37.3 Å². The standard InChI is InChI=1S/C15H17NO/c1-11-9-15(12-5-4-8-17-10-12)16-14-7-3-2-6-13(11)14/h2-3,6-7,9,12H,4-5,8,10H2,1H3. The van der Waals surface area contributed by atoms with E-state index in [9.17, 15) is 0 Å². The van der Waals surface area contributed by atoms with E-state index in [-0.39, 0.29) is 0 Å². The topological polar surface area (TPSA) is 22.1 Å².